The van der Waals surface area contributed by atoms with Crippen molar-refractivity contribution in [2.24, 2.45) is 0 Å². The van der Waals surface area contributed by atoms with Gasteiger partial charge in [-0.05, 0) is 36.6 Å². The number of nitrogens with one attached hydrogen (secondary N) is 2. The molecule has 2 heterocycles. The van der Waals surface area contributed by atoms with Crippen LogP contribution in [-0.2, 0) is 15.1 Å². The molecule has 1 aromatic heterocycles. The molecule has 9 heteroatoms. The number of carbonyl (C=O) groups is 3. The predicted molar refractivity (Wildman–Crippen MR) is 97.0 cm³/mol. The summed E-state index contributed by atoms with van der Waals surface area (Å²) in [5.74, 6) is -1.03. The molecule has 0 saturated carbocycles. The van der Waals surface area contributed by atoms with Gasteiger partial charge in [-0.3, -0.25) is 14.5 Å². The number of hydrogen-bond donors (Lipinski definition) is 2. The van der Waals surface area contributed by atoms with Crippen LogP contribution in [-0.4, -0.2) is 29.3 Å². The number of benzene rings is 1. The van der Waals surface area contributed by atoms with Crippen molar-refractivity contribution >= 4 is 58.1 Å². The lowest BCUT2D eigenvalue weighted by Gasteiger charge is -2.20. The molecule has 25 heavy (non-hydrogen) atoms. The van der Waals surface area contributed by atoms with Crippen molar-refractivity contribution in [3.8, 4) is 0 Å². The fraction of sp³-hybridized carbons (Fsp3) is 0.188. The van der Waals surface area contributed by atoms with Gasteiger partial charge in [0.2, 0.25) is 5.91 Å². The standard InChI is InChI=1S/C16H13Cl2N3O3S/c1-16(12-3-2-6-25-12)14(23)21(15(24)20-16)8-13(22)19-11-7-9(17)4-5-10(11)18/h2-7H,8H2,1H3,(H,19,22)(H,20,24). The molecule has 1 atom stereocenters. The number of thiophene rings is 1. The van der Waals surface area contributed by atoms with Crippen LogP contribution < -0.4 is 10.6 Å². The first-order chi connectivity index (χ1) is 11.8. The lowest BCUT2D eigenvalue weighted by atomic mass is 10.0. The van der Waals surface area contributed by atoms with Crippen molar-refractivity contribution in [1.29, 1.82) is 0 Å². The van der Waals surface area contributed by atoms with Gasteiger partial charge < -0.3 is 10.6 Å². The lowest BCUT2D eigenvalue weighted by molar-refractivity contribution is -0.133. The van der Waals surface area contributed by atoms with Crippen LogP contribution in [0.15, 0.2) is 35.7 Å². The van der Waals surface area contributed by atoms with Gasteiger partial charge in [0.05, 0.1) is 10.7 Å². The monoisotopic (exact) mass is 397 g/mol. The van der Waals surface area contributed by atoms with E-state index in [1.165, 1.54) is 17.4 Å². The number of rotatable bonds is 4. The van der Waals surface area contributed by atoms with Gasteiger partial charge in [-0.15, -0.1) is 11.3 Å². The Morgan fingerprint density at radius 3 is 2.76 bits per heavy atom. The van der Waals surface area contributed by atoms with Gasteiger partial charge in [-0.2, -0.15) is 0 Å². The molecular formula is C16H13Cl2N3O3S. The normalized spacial score (nSPS) is 19.9. The van der Waals surface area contributed by atoms with Crippen molar-refractivity contribution in [3.63, 3.8) is 0 Å². The summed E-state index contributed by atoms with van der Waals surface area (Å²) in [6, 6.07) is 7.56. The molecule has 1 aromatic carbocycles. The van der Waals surface area contributed by atoms with Gasteiger partial charge in [0, 0.05) is 9.90 Å². The zero-order chi connectivity index (χ0) is 18.2. The van der Waals surface area contributed by atoms with Crippen LogP contribution >= 0.6 is 34.5 Å². The molecule has 2 N–H and O–H groups in total. The molecule has 3 rings (SSSR count). The highest BCUT2D eigenvalue weighted by molar-refractivity contribution is 7.10. The maximum Gasteiger partial charge on any atom is 0.325 e. The minimum atomic E-state index is -1.17. The highest BCUT2D eigenvalue weighted by atomic mass is 35.5. The molecule has 1 unspecified atom stereocenters. The van der Waals surface area contributed by atoms with E-state index in [9.17, 15) is 14.4 Å². The molecule has 0 radical (unpaired) electrons. The van der Waals surface area contributed by atoms with Gasteiger partial charge in [-0.1, -0.05) is 29.3 Å². The molecule has 0 bridgehead atoms. The van der Waals surface area contributed by atoms with Crippen molar-refractivity contribution in [1.82, 2.24) is 10.2 Å². The van der Waals surface area contributed by atoms with Gasteiger partial charge in [0.1, 0.15) is 6.54 Å². The Bertz CT molecular complexity index is 856. The van der Waals surface area contributed by atoms with E-state index in [1.54, 1.807) is 31.2 Å². The first-order valence-corrected chi connectivity index (χ1v) is 8.88. The number of halogens is 2. The fourth-order valence-corrected chi connectivity index (χ4v) is 3.67. The zero-order valence-electron chi connectivity index (χ0n) is 13.0. The van der Waals surface area contributed by atoms with Gasteiger partial charge in [0.15, 0.2) is 5.54 Å². The van der Waals surface area contributed by atoms with Crippen LogP contribution in [0.3, 0.4) is 0 Å². The van der Waals surface area contributed by atoms with E-state index in [0.29, 0.717) is 20.6 Å². The van der Waals surface area contributed by atoms with Crippen LogP contribution in [0.2, 0.25) is 10.0 Å². The summed E-state index contributed by atoms with van der Waals surface area (Å²) >= 11 is 13.2. The van der Waals surface area contributed by atoms with Gasteiger partial charge in [0.25, 0.3) is 5.91 Å². The van der Waals surface area contributed by atoms with E-state index in [2.05, 4.69) is 10.6 Å². The van der Waals surface area contributed by atoms with E-state index in [-0.39, 0.29) is 0 Å². The Hall–Kier alpha value is -2.09. The third-order valence-electron chi connectivity index (χ3n) is 3.79. The Morgan fingerprint density at radius 2 is 2.08 bits per heavy atom. The second-order valence-electron chi connectivity index (χ2n) is 5.60. The Morgan fingerprint density at radius 1 is 1.32 bits per heavy atom. The van der Waals surface area contributed by atoms with E-state index in [0.717, 1.165) is 4.90 Å². The molecule has 6 nitrogen and oxygen atoms in total. The second-order valence-corrected chi connectivity index (χ2v) is 7.39. The molecule has 1 aliphatic heterocycles. The number of anilines is 1. The molecule has 0 aliphatic carbocycles. The first-order valence-electron chi connectivity index (χ1n) is 7.24. The number of imide groups is 1. The molecule has 0 spiro atoms. The largest absolute Gasteiger partial charge is 0.325 e. The van der Waals surface area contributed by atoms with Crippen molar-refractivity contribution < 1.29 is 14.4 Å². The van der Waals surface area contributed by atoms with Crippen LogP contribution in [0, 0.1) is 0 Å². The lowest BCUT2D eigenvalue weighted by Crippen LogP contribution is -2.41. The van der Waals surface area contributed by atoms with Crippen molar-refractivity contribution in [2.75, 3.05) is 11.9 Å². The molecule has 130 valence electrons. The third kappa shape index (κ3) is 3.35. The summed E-state index contributed by atoms with van der Waals surface area (Å²) < 4.78 is 0. The molecule has 1 saturated heterocycles. The number of urea groups is 1. The summed E-state index contributed by atoms with van der Waals surface area (Å²) in [4.78, 5) is 38.7. The molecule has 1 fully saturated rings. The maximum atomic E-state index is 12.7. The minimum absolute atomic E-state index is 0.304. The Labute approximate surface area is 157 Å². The van der Waals surface area contributed by atoms with E-state index in [1.807, 2.05) is 5.38 Å². The number of amides is 4. The highest BCUT2D eigenvalue weighted by Crippen LogP contribution is 2.32. The van der Waals surface area contributed by atoms with Crippen molar-refractivity contribution in [3.05, 3.63) is 50.6 Å². The topological polar surface area (TPSA) is 78.5 Å². The van der Waals surface area contributed by atoms with Crippen LogP contribution in [0.1, 0.15) is 11.8 Å². The van der Waals surface area contributed by atoms with Crippen LogP contribution in [0.5, 0.6) is 0 Å². The van der Waals surface area contributed by atoms with Crippen LogP contribution in [0.4, 0.5) is 10.5 Å². The molecular weight excluding hydrogens is 385 g/mol. The van der Waals surface area contributed by atoms with Crippen molar-refractivity contribution in [2.45, 2.75) is 12.5 Å². The van der Waals surface area contributed by atoms with Gasteiger partial charge in [-0.25, -0.2) is 4.79 Å². The van der Waals surface area contributed by atoms with Crippen LogP contribution in [0.25, 0.3) is 0 Å². The average molecular weight is 398 g/mol. The Balaban J connectivity index is 1.74. The predicted octanol–water partition coefficient (Wildman–Crippen LogP) is 3.46. The average Bonchev–Trinajstić information content (AvgIpc) is 3.16. The molecule has 2 aromatic rings. The maximum absolute atomic E-state index is 12.7. The Kier molecular flexibility index (Phi) is 4.73. The zero-order valence-corrected chi connectivity index (χ0v) is 15.3. The smallest absolute Gasteiger partial charge is 0.323 e. The number of hydrogen-bond acceptors (Lipinski definition) is 4. The molecule has 4 amide bonds. The summed E-state index contributed by atoms with van der Waals surface area (Å²) in [5, 5.41) is 7.72. The fourth-order valence-electron chi connectivity index (χ4n) is 2.50. The van der Waals surface area contributed by atoms with E-state index >= 15 is 0 Å². The highest BCUT2D eigenvalue weighted by Gasteiger charge is 2.50. The molecule has 1 aliphatic rings. The third-order valence-corrected chi connectivity index (χ3v) is 5.45. The minimum Gasteiger partial charge on any atom is -0.323 e. The van der Waals surface area contributed by atoms with E-state index in [4.69, 9.17) is 23.2 Å². The number of carbonyl (C=O) groups excluding carboxylic acids is 3. The summed E-state index contributed by atoms with van der Waals surface area (Å²) in [7, 11) is 0. The van der Waals surface area contributed by atoms with E-state index < -0.39 is 29.9 Å². The quantitative estimate of drug-likeness (QED) is 0.775. The summed E-state index contributed by atoms with van der Waals surface area (Å²) in [6.45, 7) is 1.19. The van der Waals surface area contributed by atoms with Gasteiger partial charge >= 0.3 is 6.03 Å². The summed E-state index contributed by atoms with van der Waals surface area (Å²) in [5.41, 5.74) is -0.855. The second kappa shape index (κ2) is 6.67. The SMILES string of the molecule is CC1(c2cccs2)NC(=O)N(CC(=O)Nc2cc(Cl)ccc2Cl)C1=O. The summed E-state index contributed by atoms with van der Waals surface area (Å²) in [6.07, 6.45) is 0. The number of nitrogens with zero attached hydrogens (tertiary/aromatic N) is 1. The first kappa shape index (κ1) is 17.7.